The van der Waals surface area contributed by atoms with Gasteiger partial charge in [0.2, 0.25) is 0 Å². The molecule has 3 nitrogen and oxygen atoms in total. The molecule has 1 aliphatic rings. The second-order valence-electron chi connectivity index (χ2n) is 5.62. The summed E-state index contributed by atoms with van der Waals surface area (Å²) in [6.07, 6.45) is 6.20. The van der Waals surface area contributed by atoms with Crippen LogP contribution >= 0.6 is 0 Å². The van der Waals surface area contributed by atoms with E-state index in [4.69, 9.17) is 5.73 Å². The molecule has 96 valence electrons. The van der Waals surface area contributed by atoms with Crippen molar-refractivity contribution in [2.45, 2.75) is 52.0 Å². The second kappa shape index (κ2) is 5.21. The summed E-state index contributed by atoms with van der Waals surface area (Å²) < 4.78 is 2.01. The Labute approximate surface area is 104 Å². The molecule has 1 aromatic heterocycles. The minimum Gasteiger partial charge on any atom is -0.327 e. The first-order valence-electron chi connectivity index (χ1n) is 6.85. The number of rotatable bonds is 3. The topological polar surface area (TPSA) is 43.8 Å². The fraction of sp³-hybridized carbons (Fsp3) is 0.786. The van der Waals surface area contributed by atoms with Gasteiger partial charge in [0.25, 0.3) is 0 Å². The molecule has 1 aliphatic carbocycles. The fourth-order valence-electron chi connectivity index (χ4n) is 3.11. The second-order valence-corrected chi connectivity index (χ2v) is 5.62. The van der Waals surface area contributed by atoms with E-state index in [1.54, 1.807) is 0 Å². The van der Waals surface area contributed by atoms with Crippen molar-refractivity contribution in [1.29, 1.82) is 0 Å². The predicted molar refractivity (Wildman–Crippen MR) is 70.7 cm³/mol. The van der Waals surface area contributed by atoms with Crippen molar-refractivity contribution >= 4 is 0 Å². The summed E-state index contributed by atoms with van der Waals surface area (Å²) in [6.45, 7) is 4.35. The molecule has 0 amide bonds. The normalized spacial score (nSPS) is 29.5. The van der Waals surface area contributed by atoms with Crippen molar-refractivity contribution in [3.8, 4) is 0 Å². The van der Waals surface area contributed by atoms with Gasteiger partial charge in [-0.1, -0.05) is 13.3 Å². The van der Waals surface area contributed by atoms with Gasteiger partial charge in [0.05, 0.1) is 5.69 Å². The molecule has 1 aromatic rings. The van der Waals surface area contributed by atoms with Crippen molar-refractivity contribution in [3.63, 3.8) is 0 Å². The average Bonchev–Trinajstić information content (AvgIpc) is 2.60. The highest BCUT2D eigenvalue weighted by Crippen LogP contribution is 2.32. The Morgan fingerprint density at radius 2 is 2.24 bits per heavy atom. The molecule has 0 aromatic carbocycles. The molecular formula is C14H25N3. The van der Waals surface area contributed by atoms with Gasteiger partial charge >= 0.3 is 0 Å². The Kier molecular flexibility index (Phi) is 3.87. The molecule has 0 bridgehead atoms. The molecule has 0 radical (unpaired) electrons. The molecule has 1 heterocycles. The van der Waals surface area contributed by atoms with Gasteiger partial charge in [-0.05, 0) is 50.5 Å². The number of aryl methyl sites for hydroxylation is 2. The molecule has 0 spiro atoms. The van der Waals surface area contributed by atoms with Gasteiger partial charge < -0.3 is 5.73 Å². The molecule has 3 unspecified atom stereocenters. The van der Waals surface area contributed by atoms with E-state index in [0.29, 0.717) is 12.0 Å². The van der Waals surface area contributed by atoms with Crippen LogP contribution < -0.4 is 5.73 Å². The standard InChI is InChI=1S/C14H25N3/c1-4-11-5-6-14(15)12(8-11)9-13-7-10(2)16-17(13)3/h7,11-12,14H,4-6,8-9,15H2,1-3H3. The fourth-order valence-corrected chi connectivity index (χ4v) is 3.11. The number of hydrogen-bond donors (Lipinski definition) is 1. The maximum Gasteiger partial charge on any atom is 0.0596 e. The molecule has 17 heavy (non-hydrogen) atoms. The SMILES string of the molecule is CCC1CCC(N)C(Cc2cc(C)nn2C)C1. The summed E-state index contributed by atoms with van der Waals surface area (Å²) in [5, 5.41) is 4.42. The zero-order chi connectivity index (χ0) is 12.4. The molecule has 2 rings (SSSR count). The van der Waals surface area contributed by atoms with E-state index in [0.717, 1.165) is 18.0 Å². The van der Waals surface area contributed by atoms with Gasteiger partial charge in [0.1, 0.15) is 0 Å². The summed E-state index contributed by atoms with van der Waals surface area (Å²) >= 11 is 0. The van der Waals surface area contributed by atoms with Crippen LogP contribution in [0.15, 0.2) is 6.07 Å². The maximum absolute atomic E-state index is 6.27. The van der Waals surface area contributed by atoms with Gasteiger partial charge in [0.15, 0.2) is 0 Å². The van der Waals surface area contributed by atoms with Crippen LogP contribution in [0.4, 0.5) is 0 Å². The van der Waals surface area contributed by atoms with Crippen LogP contribution in [0.3, 0.4) is 0 Å². The molecule has 3 atom stereocenters. The number of nitrogens with zero attached hydrogens (tertiary/aromatic N) is 2. The molecule has 0 aliphatic heterocycles. The summed E-state index contributed by atoms with van der Waals surface area (Å²) in [7, 11) is 2.04. The lowest BCUT2D eigenvalue weighted by Gasteiger charge is -2.33. The lowest BCUT2D eigenvalue weighted by atomic mass is 9.75. The Balaban J connectivity index is 2.03. The first-order chi connectivity index (χ1) is 8.10. The van der Waals surface area contributed by atoms with E-state index in [-0.39, 0.29) is 0 Å². The molecule has 1 fully saturated rings. The van der Waals surface area contributed by atoms with E-state index in [2.05, 4.69) is 25.0 Å². The summed E-state index contributed by atoms with van der Waals surface area (Å²) in [4.78, 5) is 0. The van der Waals surface area contributed by atoms with Gasteiger partial charge in [-0.15, -0.1) is 0 Å². The van der Waals surface area contributed by atoms with Crippen molar-refractivity contribution in [2.75, 3.05) is 0 Å². The Bertz CT molecular complexity index is 370. The lowest BCUT2D eigenvalue weighted by Crippen LogP contribution is -2.37. The first-order valence-corrected chi connectivity index (χ1v) is 6.85. The van der Waals surface area contributed by atoms with Crippen molar-refractivity contribution in [2.24, 2.45) is 24.6 Å². The molecular weight excluding hydrogens is 210 g/mol. The minimum absolute atomic E-state index is 0.382. The van der Waals surface area contributed by atoms with Crippen LogP contribution in [-0.4, -0.2) is 15.8 Å². The summed E-state index contributed by atoms with van der Waals surface area (Å²) in [6, 6.07) is 2.58. The van der Waals surface area contributed by atoms with E-state index in [1.165, 1.54) is 31.4 Å². The van der Waals surface area contributed by atoms with E-state index < -0.39 is 0 Å². The third-order valence-electron chi connectivity index (χ3n) is 4.30. The Morgan fingerprint density at radius 3 is 2.82 bits per heavy atom. The van der Waals surface area contributed by atoms with E-state index in [1.807, 2.05) is 11.7 Å². The number of hydrogen-bond acceptors (Lipinski definition) is 2. The maximum atomic E-state index is 6.27. The quantitative estimate of drug-likeness (QED) is 0.874. The van der Waals surface area contributed by atoms with Gasteiger partial charge in [-0.3, -0.25) is 4.68 Å². The van der Waals surface area contributed by atoms with Crippen LogP contribution in [0.1, 0.15) is 44.0 Å². The van der Waals surface area contributed by atoms with Crippen molar-refractivity contribution in [3.05, 3.63) is 17.5 Å². The molecule has 1 saturated carbocycles. The van der Waals surface area contributed by atoms with Crippen LogP contribution in [0.2, 0.25) is 0 Å². The predicted octanol–water partition coefficient (Wildman–Crippen LogP) is 2.42. The van der Waals surface area contributed by atoms with Gasteiger partial charge in [-0.2, -0.15) is 5.10 Å². The Hall–Kier alpha value is -0.830. The minimum atomic E-state index is 0.382. The first kappa shape index (κ1) is 12.6. The van der Waals surface area contributed by atoms with Gasteiger partial charge in [0, 0.05) is 18.8 Å². The monoisotopic (exact) mass is 235 g/mol. The van der Waals surface area contributed by atoms with Crippen LogP contribution in [0, 0.1) is 18.8 Å². The highest BCUT2D eigenvalue weighted by Gasteiger charge is 2.28. The molecule has 0 saturated heterocycles. The average molecular weight is 235 g/mol. The molecule has 3 heteroatoms. The van der Waals surface area contributed by atoms with Crippen LogP contribution in [0.5, 0.6) is 0 Å². The third kappa shape index (κ3) is 2.89. The van der Waals surface area contributed by atoms with Crippen LogP contribution in [-0.2, 0) is 13.5 Å². The van der Waals surface area contributed by atoms with E-state index in [9.17, 15) is 0 Å². The summed E-state index contributed by atoms with van der Waals surface area (Å²) in [5.74, 6) is 1.53. The zero-order valence-electron chi connectivity index (χ0n) is 11.3. The van der Waals surface area contributed by atoms with Crippen molar-refractivity contribution < 1.29 is 0 Å². The largest absolute Gasteiger partial charge is 0.327 e. The Morgan fingerprint density at radius 1 is 1.47 bits per heavy atom. The highest BCUT2D eigenvalue weighted by atomic mass is 15.3. The highest BCUT2D eigenvalue weighted by molar-refractivity contribution is 5.10. The lowest BCUT2D eigenvalue weighted by molar-refractivity contribution is 0.224. The van der Waals surface area contributed by atoms with Crippen molar-refractivity contribution in [1.82, 2.24) is 9.78 Å². The number of aromatic nitrogens is 2. The van der Waals surface area contributed by atoms with E-state index >= 15 is 0 Å². The zero-order valence-corrected chi connectivity index (χ0v) is 11.3. The molecule has 2 N–H and O–H groups in total. The third-order valence-corrected chi connectivity index (χ3v) is 4.30. The van der Waals surface area contributed by atoms with Gasteiger partial charge in [-0.25, -0.2) is 0 Å². The smallest absolute Gasteiger partial charge is 0.0596 e. The van der Waals surface area contributed by atoms with Crippen LogP contribution in [0.25, 0.3) is 0 Å². The number of nitrogens with two attached hydrogens (primary N) is 1. The summed E-state index contributed by atoms with van der Waals surface area (Å²) in [5.41, 5.74) is 8.71.